The average molecular weight is 269 g/mol. The van der Waals surface area contributed by atoms with Gasteiger partial charge >= 0.3 is 5.97 Å². The van der Waals surface area contributed by atoms with Crippen LogP contribution in [0.25, 0.3) is 10.9 Å². The van der Waals surface area contributed by atoms with Crippen molar-refractivity contribution in [2.24, 2.45) is 0 Å². The fraction of sp³-hybridized carbons (Fsp3) is 0.267. The summed E-state index contributed by atoms with van der Waals surface area (Å²) in [6.07, 6.45) is 6.65. The van der Waals surface area contributed by atoms with E-state index in [1.54, 1.807) is 6.07 Å². The molecule has 0 radical (unpaired) electrons. The molecule has 1 aromatic heterocycles. The fourth-order valence-electron chi connectivity index (χ4n) is 1.99. The molecule has 2 N–H and O–H groups in total. The highest BCUT2D eigenvalue weighted by molar-refractivity contribution is 6.02. The predicted molar refractivity (Wildman–Crippen MR) is 77.6 cm³/mol. The molecule has 102 valence electrons. The molecule has 1 unspecified atom stereocenters. The van der Waals surface area contributed by atoms with Crippen LogP contribution in [0.15, 0.2) is 24.3 Å². The first kappa shape index (κ1) is 13.8. The molecule has 1 heterocycles. The van der Waals surface area contributed by atoms with Crippen LogP contribution < -0.4 is 5.32 Å². The fourth-order valence-corrected chi connectivity index (χ4v) is 1.99. The highest BCUT2D eigenvalue weighted by Crippen LogP contribution is 2.25. The molecule has 2 aromatic rings. The van der Waals surface area contributed by atoms with Gasteiger partial charge < -0.3 is 10.4 Å². The number of benzene rings is 1. The lowest BCUT2D eigenvalue weighted by Crippen LogP contribution is -2.21. The van der Waals surface area contributed by atoms with Gasteiger partial charge in [-0.05, 0) is 12.5 Å². The maximum atomic E-state index is 11.3. The molecule has 0 saturated carbocycles. The zero-order chi connectivity index (χ0) is 14.5. The number of nitrogens with one attached hydrogen (secondary N) is 1. The van der Waals surface area contributed by atoms with Crippen LogP contribution in [-0.2, 0) is 0 Å². The molecule has 0 spiro atoms. The smallest absolute Gasteiger partial charge is 0.358 e. The lowest BCUT2D eigenvalue weighted by molar-refractivity contribution is 0.0690. The van der Waals surface area contributed by atoms with Crippen molar-refractivity contribution in [3.63, 3.8) is 0 Å². The third kappa shape index (κ3) is 2.69. The van der Waals surface area contributed by atoms with Crippen molar-refractivity contribution in [2.75, 3.05) is 5.32 Å². The van der Waals surface area contributed by atoms with Crippen LogP contribution in [0.5, 0.6) is 0 Å². The number of rotatable bonds is 5. The second-order valence-corrected chi connectivity index (χ2v) is 4.40. The number of carboxylic acids is 1. The quantitative estimate of drug-likeness (QED) is 0.816. The van der Waals surface area contributed by atoms with E-state index < -0.39 is 5.97 Å². The van der Waals surface area contributed by atoms with E-state index in [1.165, 1.54) is 0 Å². The monoisotopic (exact) mass is 269 g/mol. The first-order valence-corrected chi connectivity index (χ1v) is 6.36. The number of terminal acetylenes is 1. The number of fused-ring (bicyclic) bond motifs is 1. The molecule has 5 nitrogen and oxygen atoms in total. The number of nitrogens with zero attached hydrogens (tertiary/aromatic N) is 2. The van der Waals surface area contributed by atoms with E-state index >= 15 is 0 Å². The normalized spacial score (nSPS) is 11.8. The van der Waals surface area contributed by atoms with Crippen LogP contribution in [0.1, 0.15) is 30.3 Å². The summed E-state index contributed by atoms with van der Waals surface area (Å²) in [5.41, 5.74) is 1.04. The number of carbonyl (C=O) groups is 1. The largest absolute Gasteiger partial charge is 0.476 e. The summed E-state index contributed by atoms with van der Waals surface area (Å²) in [6, 6.07) is 7.29. The molecular weight excluding hydrogens is 254 g/mol. The third-order valence-electron chi connectivity index (χ3n) is 3.08. The Labute approximate surface area is 117 Å². The Morgan fingerprint density at radius 2 is 2.20 bits per heavy atom. The minimum absolute atomic E-state index is 0.00528. The van der Waals surface area contributed by atoms with Gasteiger partial charge in [-0.2, -0.15) is 0 Å². The van der Waals surface area contributed by atoms with Gasteiger partial charge in [0.2, 0.25) is 0 Å². The number of anilines is 1. The molecule has 0 aliphatic carbocycles. The number of aromatic carboxylic acids is 1. The van der Waals surface area contributed by atoms with Crippen molar-refractivity contribution in [2.45, 2.75) is 25.8 Å². The Bertz CT molecular complexity index is 676. The van der Waals surface area contributed by atoms with Crippen molar-refractivity contribution in [3.05, 3.63) is 30.0 Å². The van der Waals surface area contributed by atoms with Gasteiger partial charge in [-0.15, -0.1) is 22.5 Å². The van der Waals surface area contributed by atoms with Gasteiger partial charge in [-0.3, -0.25) is 0 Å². The van der Waals surface area contributed by atoms with Crippen molar-refractivity contribution in [3.8, 4) is 12.3 Å². The molecule has 20 heavy (non-hydrogen) atoms. The maximum absolute atomic E-state index is 11.3. The Morgan fingerprint density at radius 3 is 2.85 bits per heavy atom. The number of hydrogen-bond acceptors (Lipinski definition) is 4. The zero-order valence-electron chi connectivity index (χ0n) is 11.1. The van der Waals surface area contributed by atoms with E-state index in [9.17, 15) is 9.90 Å². The minimum atomic E-state index is -1.11. The molecule has 2 rings (SSSR count). The van der Waals surface area contributed by atoms with Crippen molar-refractivity contribution < 1.29 is 9.90 Å². The summed E-state index contributed by atoms with van der Waals surface area (Å²) in [7, 11) is 0. The second-order valence-electron chi connectivity index (χ2n) is 4.40. The standard InChI is InChI=1S/C15H15N3O2/c1-3-7-10(4-2)16-13-11-8-5-6-9-12(11)17-18-14(13)15(19)20/h1,5-6,8-10H,4,7H2,2H3,(H,16,17)(H,19,20). The zero-order valence-corrected chi connectivity index (χ0v) is 11.1. The molecule has 0 bridgehead atoms. The molecule has 0 fully saturated rings. The van der Waals surface area contributed by atoms with Gasteiger partial charge in [-0.25, -0.2) is 4.79 Å². The Hall–Kier alpha value is -2.61. The summed E-state index contributed by atoms with van der Waals surface area (Å²) >= 11 is 0. The van der Waals surface area contributed by atoms with E-state index in [0.717, 1.165) is 11.8 Å². The van der Waals surface area contributed by atoms with Crippen molar-refractivity contribution >= 4 is 22.6 Å². The number of aromatic nitrogens is 2. The van der Waals surface area contributed by atoms with Crippen molar-refractivity contribution in [1.29, 1.82) is 0 Å². The van der Waals surface area contributed by atoms with Gasteiger partial charge in [0.15, 0.2) is 5.69 Å². The van der Waals surface area contributed by atoms with E-state index in [0.29, 0.717) is 17.6 Å². The second kappa shape index (κ2) is 6.02. The highest BCUT2D eigenvalue weighted by atomic mass is 16.4. The molecule has 0 aliphatic heterocycles. The lowest BCUT2D eigenvalue weighted by atomic mass is 10.1. The topological polar surface area (TPSA) is 75.1 Å². The summed E-state index contributed by atoms with van der Waals surface area (Å²) in [5.74, 6) is 1.48. The molecule has 1 atom stereocenters. The van der Waals surface area contributed by atoms with E-state index in [-0.39, 0.29) is 11.7 Å². The SMILES string of the molecule is C#CCC(CC)Nc1c(C(=O)O)nnc2ccccc12. The van der Waals surface area contributed by atoms with Crippen LogP contribution in [0.2, 0.25) is 0 Å². The van der Waals surface area contributed by atoms with Gasteiger partial charge in [0, 0.05) is 17.8 Å². The summed E-state index contributed by atoms with van der Waals surface area (Å²) < 4.78 is 0. The minimum Gasteiger partial charge on any atom is -0.476 e. The van der Waals surface area contributed by atoms with E-state index in [1.807, 2.05) is 25.1 Å². The van der Waals surface area contributed by atoms with Crippen LogP contribution in [0.4, 0.5) is 5.69 Å². The molecule has 0 saturated heterocycles. The molecule has 0 amide bonds. The molecule has 0 aliphatic rings. The maximum Gasteiger partial charge on any atom is 0.358 e. The number of carboxylic acid groups (broad SMARTS) is 1. The molecule has 1 aromatic carbocycles. The Balaban J connectivity index is 2.55. The first-order valence-electron chi connectivity index (χ1n) is 6.36. The van der Waals surface area contributed by atoms with Gasteiger partial charge in [0.1, 0.15) is 0 Å². The van der Waals surface area contributed by atoms with Crippen molar-refractivity contribution in [1.82, 2.24) is 10.2 Å². The summed E-state index contributed by atoms with van der Waals surface area (Å²) in [6.45, 7) is 1.99. The number of hydrogen-bond donors (Lipinski definition) is 2. The van der Waals surface area contributed by atoms with Gasteiger partial charge in [0.05, 0.1) is 11.2 Å². The lowest BCUT2D eigenvalue weighted by Gasteiger charge is -2.18. The summed E-state index contributed by atoms with van der Waals surface area (Å²) in [4.78, 5) is 11.3. The Morgan fingerprint density at radius 1 is 1.45 bits per heavy atom. The summed E-state index contributed by atoms with van der Waals surface area (Å²) in [5, 5.41) is 20.9. The Kier molecular flexibility index (Phi) is 4.16. The van der Waals surface area contributed by atoms with E-state index in [4.69, 9.17) is 6.42 Å². The van der Waals surface area contributed by atoms with Gasteiger partial charge in [0.25, 0.3) is 0 Å². The molecule has 5 heteroatoms. The third-order valence-corrected chi connectivity index (χ3v) is 3.08. The first-order chi connectivity index (χ1) is 9.67. The van der Waals surface area contributed by atoms with Crippen LogP contribution in [-0.4, -0.2) is 27.3 Å². The highest BCUT2D eigenvalue weighted by Gasteiger charge is 2.18. The van der Waals surface area contributed by atoms with Crippen LogP contribution in [0.3, 0.4) is 0 Å². The van der Waals surface area contributed by atoms with Gasteiger partial charge in [-0.1, -0.05) is 25.1 Å². The average Bonchev–Trinajstić information content (AvgIpc) is 2.46. The molecular formula is C15H15N3O2. The van der Waals surface area contributed by atoms with Crippen LogP contribution >= 0.6 is 0 Å². The van der Waals surface area contributed by atoms with Crippen LogP contribution in [0, 0.1) is 12.3 Å². The predicted octanol–water partition coefficient (Wildman–Crippen LogP) is 2.54. The van der Waals surface area contributed by atoms with E-state index in [2.05, 4.69) is 21.4 Å².